The van der Waals surface area contributed by atoms with Gasteiger partial charge in [-0.2, -0.15) is 0 Å². The summed E-state index contributed by atoms with van der Waals surface area (Å²) in [6.45, 7) is 14.0. The summed E-state index contributed by atoms with van der Waals surface area (Å²) in [5.74, 6) is 0.833. The van der Waals surface area contributed by atoms with Crippen LogP contribution >= 0.6 is 0 Å². The molecule has 1 heteroatoms. The lowest BCUT2D eigenvalue weighted by Crippen LogP contribution is -2.21. The molecule has 0 amide bonds. The fraction of sp³-hybridized carbons (Fsp3) is 0.455. The number of benzene rings is 2. The van der Waals surface area contributed by atoms with Gasteiger partial charge in [0, 0.05) is 12.6 Å². The van der Waals surface area contributed by atoms with Crippen molar-refractivity contribution in [3.05, 3.63) is 59.7 Å². The second-order valence-corrected chi connectivity index (χ2v) is 7.02. The molecule has 0 saturated heterocycles. The quantitative estimate of drug-likeness (QED) is 0.706. The van der Waals surface area contributed by atoms with E-state index in [1.54, 1.807) is 0 Å². The lowest BCUT2D eigenvalue weighted by molar-refractivity contribution is 0.589. The number of nitrogens with one attached hydrogen (secondary N) is 1. The van der Waals surface area contributed by atoms with Crippen LogP contribution in [0.15, 0.2) is 48.5 Å². The van der Waals surface area contributed by atoms with Crippen molar-refractivity contribution in [3.63, 3.8) is 0 Å². The zero-order valence-electron chi connectivity index (χ0n) is 15.7. The summed E-state index contributed by atoms with van der Waals surface area (Å²) in [5.41, 5.74) is 5.31. The summed E-state index contributed by atoms with van der Waals surface area (Å²) in [7, 11) is 0. The van der Waals surface area contributed by atoms with Gasteiger partial charge in [0.15, 0.2) is 0 Å². The molecular formula is C22H33N. The molecule has 0 fully saturated rings. The van der Waals surface area contributed by atoms with Crippen molar-refractivity contribution in [2.75, 3.05) is 0 Å². The monoisotopic (exact) mass is 311 g/mol. The standard InChI is InChI=1S/C18H23N.C4H10/c1-4-15-5-9-17(10-6-15)18-11-7-16(8-12-18)13-19-14(2)3;1-4(2)3/h5-12,14,19H,4,13H2,1-3H3;4H,1-3H3. The van der Waals surface area contributed by atoms with Crippen molar-refractivity contribution >= 4 is 0 Å². The van der Waals surface area contributed by atoms with Crippen LogP contribution in [0.4, 0.5) is 0 Å². The van der Waals surface area contributed by atoms with Crippen LogP contribution in [-0.4, -0.2) is 6.04 Å². The third-order valence-electron chi connectivity index (χ3n) is 3.36. The Morgan fingerprint density at radius 2 is 1.09 bits per heavy atom. The van der Waals surface area contributed by atoms with Gasteiger partial charge in [0.2, 0.25) is 0 Å². The second-order valence-electron chi connectivity index (χ2n) is 7.02. The summed E-state index contributed by atoms with van der Waals surface area (Å²) in [6, 6.07) is 18.2. The van der Waals surface area contributed by atoms with E-state index in [1.807, 2.05) is 0 Å². The number of hydrogen-bond donors (Lipinski definition) is 1. The van der Waals surface area contributed by atoms with Crippen molar-refractivity contribution in [2.45, 2.75) is 60.5 Å². The van der Waals surface area contributed by atoms with E-state index in [0.717, 1.165) is 18.9 Å². The van der Waals surface area contributed by atoms with Crippen LogP contribution in [0.2, 0.25) is 0 Å². The van der Waals surface area contributed by atoms with Gasteiger partial charge in [0.25, 0.3) is 0 Å². The highest BCUT2D eigenvalue weighted by atomic mass is 14.9. The minimum Gasteiger partial charge on any atom is -0.310 e. The van der Waals surface area contributed by atoms with Gasteiger partial charge in [-0.1, -0.05) is 90.1 Å². The topological polar surface area (TPSA) is 12.0 Å². The molecule has 0 aromatic heterocycles. The van der Waals surface area contributed by atoms with E-state index in [0.29, 0.717) is 6.04 Å². The van der Waals surface area contributed by atoms with Crippen molar-refractivity contribution in [2.24, 2.45) is 5.92 Å². The van der Waals surface area contributed by atoms with E-state index in [1.165, 1.54) is 22.3 Å². The number of rotatable bonds is 5. The molecule has 0 bridgehead atoms. The van der Waals surface area contributed by atoms with Gasteiger partial charge in [-0.15, -0.1) is 0 Å². The van der Waals surface area contributed by atoms with Crippen molar-refractivity contribution in [3.8, 4) is 11.1 Å². The zero-order chi connectivity index (χ0) is 17.2. The Kier molecular flexibility index (Phi) is 8.65. The Morgan fingerprint density at radius 1 is 0.696 bits per heavy atom. The lowest BCUT2D eigenvalue weighted by atomic mass is 10.0. The fourth-order valence-corrected chi connectivity index (χ4v) is 2.07. The Labute approximate surface area is 143 Å². The number of hydrogen-bond acceptors (Lipinski definition) is 1. The van der Waals surface area contributed by atoms with Gasteiger partial charge < -0.3 is 5.32 Å². The normalized spacial score (nSPS) is 10.6. The number of aryl methyl sites for hydroxylation is 1. The SMILES string of the molecule is CC(C)C.CCc1ccc(-c2ccc(CNC(C)C)cc2)cc1. The maximum atomic E-state index is 3.44. The molecule has 2 aromatic rings. The first-order valence-electron chi connectivity index (χ1n) is 8.84. The molecule has 2 aromatic carbocycles. The smallest absolute Gasteiger partial charge is 0.0207 e. The largest absolute Gasteiger partial charge is 0.310 e. The molecule has 0 radical (unpaired) electrons. The van der Waals surface area contributed by atoms with Crippen molar-refractivity contribution in [1.82, 2.24) is 5.32 Å². The molecule has 0 spiro atoms. The molecule has 0 aliphatic rings. The van der Waals surface area contributed by atoms with Gasteiger partial charge in [0.05, 0.1) is 0 Å². The Morgan fingerprint density at radius 3 is 1.43 bits per heavy atom. The minimum absolute atomic E-state index is 0.529. The van der Waals surface area contributed by atoms with Crippen LogP contribution in [0.3, 0.4) is 0 Å². The average Bonchev–Trinajstić information content (AvgIpc) is 2.53. The third kappa shape index (κ3) is 7.99. The molecule has 1 N–H and O–H groups in total. The Hall–Kier alpha value is -1.60. The highest BCUT2D eigenvalue weighted by Gasteiger charge is 1.99. The second kappa shape index (κ2) is 10.2. The molecule has 0 aliphatic heterocycles. The van der Waals surface area contributed by atoms with E-state index < -0.39 is 0 Å². The molecule has 0 aliphatic carbocycles. The van der Waals surface area contributed by atoms with Gasteiger partial charge in [-0.05, 0) is 34.6 Å². The first-order chi connectivity index (χ1) is 10.9. The predicted molar refractivity (Wildman–Crippen MR) is 104 cm³/mol. The van der Waals surface area contributed by atoms with Crippen LogP contribution in [-0.2, 0) is 13.0 Å². The van der Waals surface area contributed by atoms with Crippen LogP contribution in [0, 0.1) is 5.92 Å². The van der Waals surface area contributed by atoms with E-state index in [9.17, 15) is 0 Å². The first kappa shape index (κ1) is 19.4. The summed E-state index contributed by atoms with van der Waals surface area (Å²) in [6.07, 6.45) is 1.10. The Balaban J connectivity index is 0.000000593. The van der Waals surface area contributed by atoms with E-state index in [2.05, 4.69) is 95.4 Å². The van der Waals surface area contributed by atoms with Crippen molar-refractivity contribution in [1.29, 1.82) is 0 Å². The summed E-state index contributed by atoms with van der Waals surface area (Å²) < 4.78 is 0. The van der Waals surface area contributed by atoms with E-state index in [-0.39, 0.29) is 0 Å². The van der Waals surface area contributed by atoms with Crippen LogP contribution in [0.1, 0.15) is 52.7 Å². The van der Waals surface area contributed by atoms with Gasteiger partial charge in [0.1, 0.15) is 0 Å². The molecule has 0 saturated carbocycles. The van der Waals surface area contributed by atoms with Gasteiger partial charge in [-0.3, -0.25) is 0 Å². The van der Waals surface area contributed by atoms with E-state index >= 15 is 0 Å². The summed E-state index contributed by atoms with van der Waals surface area (Å²) >= 11 is 0. The van der Waals surface area contributed by atoms with Gasteiger partial charge >= 0.3 is 0 Å². The molecule has 0 unspecified atom stereocenters. The Bertz CT molecular complexity index is 532. The third-order valence-corrected chi connectivity index (χ3v) is 3.36. The zero-order valence-corrected chi connectivity index (χ0v) is 15.7. The van der Waals surface area contributed by atoms with E-state index in [4.69, 9.17) is 0 Å². The lowest BCUT2D eigenvalue weighted by Gasteiger charge is -2.09. The molecule has 1 nitrogen and oxygen atoms in total. The highest BCUT2D eigenvalue weighted by molar-refractivity contribution is 5.63. The van der Waals surface area contributed by atoms with Crippen LogP contribution < -0.4 is 5.32 Å². The fourth-order valence-electron chi connectivity index (χ4n) is 2.07. The average molecular weight is 312 g/mol. The molecule has 126 valence electrons. The molecule has 0 atom stereocenters. The van der Waals surface area contributed by atoms with Gasteiger partial charge in [-0.25, -0.2) is 0 Å². The maximum Gasteiger partial charge on any atom is 0.0207 e. The molecular weight excluding hydrogens is 278 g/mol. The first-order valence-corrected chi connectivity index (χ1v) is 8.84. The molecule has 23 heavy (non-hydrogen) atoms. The summed E-state index contributed by atoms with van der Waals surface area (Å²) in [4.78, 5) is 0. The van der Waals surface area contributed by atoms with Crippen molar-refractivity contribution < 1.29 is 0 Å². The highest BCUT2D eigenvalue weighted by Crippen LogP contribution is 2.20. The molecule has 0 heterocycles. The summed E-state index contributed by atoms with van der Waals surface area (Å²) in [5, 5.41) is 3.44. The minimum atomic E-state index is 0.529. The van der Waals surface area contributed by atoms with Crippen LogP contribution in [0.25, 0.3) is 11.1 Å². The molecule has 2 rings (SSSR count). The predicted octanol–water partition coefficient (Wildman–Crippen LogP) is 6.08. The van der Waals surface area contributed by atoms with Crippen LogP contribution in [0.5, 0.6) is 0 Å². The maximum absolute atomic E-state index is 3.44.